The molecule has 1 aromatic rings. The van der Waals surface area contributed by atoms with Crippen LogP contribution in [0.1, 0.15) is 24.2 Å². The van der Waals surface area contributed by atoms with Crippen LogP contribution >= 0.6 is 23.2 Å². The van der Waals surface area contributed by atoms with Gasteiger partial charge in [0.15, 0.2) is 0 Å². The number of aliphatic hydroxyl groups excluding tert-OH is 1. The van der Waals surface area contributed by atoms with Crippen molar-refractivity contribution in [2.75, 3.05) is 13.2 Å². The Hall–Kier alpha value is -0.860. The third kappa shape index (κ3) is 3.87. The highest BCUT2D eigenvalue weighted by atomic mass is 35.5. The first-order chi connectivity index (χ1) is 9.62. The average molecular weight is 356 g/mol. The number of carbonyl (C=O) groups is 1. The van der Waals surface area contributed by atoms with Crippen molar-refractivity contribution in [2.45, 2.75) is 24.8 Å². The van der Waals surface area contributed by atoms with E-state index < -0.39 is 22.0 Å². The zero-order valence-electron chi connectivity index (χ0n) is 11.4. The number of aliphatic hydroxyl groups is 1. The van der Waals surface area contributed by atoms with Crippen molar-refractivity contribution in [1.29, 1.82) is 0 Å². The first kappa shape index (κ1) is 18.2. The lowest BCUT2D eigenvalue weighted by atomic mass is 10.2. The molecule has 0 amide bonds. The number of rotatable bonds is 6. The monoisotopic (exact) mass is 355 g/mol. The summed E-state index contributed by atoms with van der Waals surface area (Å²) in [6.45, 7) is 2.78. The summed E-state index contributed by atoms with van der Waals surface area (Å²) in [5.74, 6) is -1.36. The van der Waals surface area contributed by atoms with Crippen LogP contribution in [0.2, 0.25) is 10.0 Å². The minimum atomic E-state index is -4.05. The summed E-state index contributed by atoms with van der Waals surface area (Å²) in [6.07, 6.45) is 0. The van der Waals surface area contributed by atoms with E-state index >= 15 is 0 Å². The Labute approximate surface area is 132 Å². The lowest BCUT2D eigenvalue weighted by Crippen LogP contribution is -2.39. The molecule has 0 unspecified atom stereocenters. The average Bonchev–Trinajstić information content (AvgIpc) is 2.34. The van der Waals surface area contributed by atoms with Crippen LogP contribution in [0.15, 0.2) is 17.0 Å². The standard InChI is InChI=1S/C12H15Cl2NO5S/c1-7(2)15(3-4-16)21(19,20)11-5-8(12(17)18)9(13)6-10(11)14/h5-7,16H,3-4H2,1-2H3,(H,17,18). The van der Waals surface area contributed by atoms with Crippen LogP contribution in [-0.4, -0.2) is 48.1 Å². The number of carboxylic acid groups (broad SMARTS) is 1. The van der Waals surface area contributed by atoms with Gasteiger partial charge in [0.2, 0.25) is 10.0 Å². The van der Waals surface area contributed by atoms with Gasteiger partial charge in [-0.05, 0) is 26.0 Å². The number of hydrogen-bond acceptors (Lipinski definition) is 4. The molecule has 1 aromatic carbocycles. The Balaban J connectivity index is 3.50. The first-order valence-electron chi connectivity index (χ1n) is 5.98. The van der Waals surface area contributed by atoms with Gasteiger partial charge in [0.25, 0.3) is 0 Å². The summed E-state index contributed by atoms with van der Waals surface area (Å²) in [6, 6.07) is 1.58. The predicted octanol–water partition coefficient (Wildman–Crippen LogP) is 2.08. The second-order valence-corrected chi connectivity index (χ2v) is 7.17. The Morgan fingerprint density at radius 3 is 2.29 bits per heavy atom. The molecule has 118 valence electrons. The molecule has 0 radical (unpaired) electrons. The lowest BCUT2D eigenvalue weighted by molar-refractivity contribution is 0.0697. The molecule has 0 aliphatic rings. The lowest BCUT2D eigenvalue weighted by Gasteiger charge is -2.25. The molecule has 21 heavy (non-hydrogen) atoms. The zero-order valence-corrected chi connectivity index (χ0v) is 13.7. The van der Waals surface area contributed by atoms with Gasteiger partial charge in [0, 0.05) is 12.6 Å². The number of aromatic carboxylic acids is 1. The predicted molar refractivity (Wildman–Crippen MR) is 79.5 cm³/mol. The van der Waals surface area contributed by atoms with E-state index in [9.17, 15) is 13.2 Å². The molecular weight excluding hydrogens is 341 g/mol. The number of benzene rings is 1. The van der Waals surface area contributed by atoms with Crippen molar-refractivity contribution in [1.82, 2.24) is 4.31 Å². The van der Waals surface area contributed by atoms with Crippen LogP contribution in [0, 0.1) is 0 Å². The van der Waals surface area contributed by atoms with Gasteiger partial charge in [-0.15, -0.1) is 0 Å². The Kier molecular flexibility index (Phi) is 6.01. The maximum absolute atomic E-state index is 12.6. The normalized spacial score (nSPS) is 12.1. The number of nitrogens with zero attached hydrogens (tertiary/aromatic N) is 1. The van der Waals surface area contributed by atoms with Crippen LogP contribution < -0.4 is 0 Å². The van der Waals surface area contributed by atoms with Gasteiger partial charge in [0.1, 0.15) is 4.90 Å². The van der Waals surface area contributed by atoms with Crippen molar-refractivity contribution in [2.24, 2.45) is 0 Å². The second-order valence-electron chi connectivity index (χ2n) is 4.50. The van der Waals surface area contributed by atoms with Crippen molar-refractivity contribution >= 4 is 39.2 Å². The van der Waals surface area contributed by atoms with E-state index in [0.29, 0.717) is 0 Å². The van der Waals surface area contributed by atoms with Crippen LogP contribution in [0.4, 0.5) is 0 Å². The summed E-state index contributed by atoms with van der Waals surface area (Å²) in [5, 5.41) is 17.7. The molecule has 6 nitrogen and oxygen atoms in total. The topological polar surface area (TPSA) is 94.9 Å². The minimum Gasteiger partial charge on any atom is -0.478 e. The molecule has 0 aromatic heterocycles. The number of hydrogen-bond donors (Lipinski definition) is 2. The fourth-order valence-corrected chi connectivity index (χ4v) is 4.23. The largest absolute Gasteiger partial charge is 0.478 e. The van der Waals surface area contributed by atoms with E-state index in [1.54, 1.807) is 13.8 Å². The summed E-state index contributed by atoms with van der Waals surface area (Å²) in [7, 11) is -4.05. The fraction of sp³-hybridized carbons (Fsp3) is 0.417. The number of sulfonamides is 1. The molecule has 0 aliphatic carbocycles. The van der Waals surface area contributed by atoms with E-state index in [1.807, 2.05) is 0 Å². The summed E-state index contributed by atoms with van der Waals surface area (Å²) in [5.41, 5.74) is -0.354. The number of carboxylic acids is 1. The van der Waals surface area contributed by atoms with Crippen molar-refractivity contribution in [3.8, 4) is 0 Å². The van der Waals surface area contributed by atoms with Gasteiger partial charge in [-0.3, -0.25) is 0 Å². The van der Waals surface area contributed by atoms with E-state index in [4.69, 9.17) is 33.4 Å². The molecule has 0 spiro atoms. The van der Waals surface area contributed by atoms with Crippen molar-refractivity contribution in [3.05, 3.63) is 27.7 Å². The smallest absolute Gasteiger partial charge is 0.337 e. The highest BCUT2D eigenvalue weighted by molar-refractivity contribution is 7.89. The van der Waals surface area contributed by atoms with Crippen LogP contribution in [0.3, 0.4) is 0 Å². The number of halogens is 2. The third-order valence-electron chi connectivity index (χ3n) is 2.73. The van der Waals surface area contributed by atoms with Gasteiger partial charge < -0.3 is 10.2 Å². The summed E-state index contributed by atoms with van der Waals surface area (Å²) in [4.78, 5) is 10.7. The zero-order chi connectivity index (χ0) is 16.4. The summed E-state index contributed by atoms with van der Waals surface area (Å²) < 4.78 is 26.2. The minimum absolute atomic E-state index is 0.124. The SMILES string of the molecule is CC(C)N(CCO)S(=O)(=O)c1cc(C(=O)O)c(Cl)cc1Cl. The van der Waals surface area contributed by atoms with E-state index in [0.717, 1.165) is 16.4 Å². The van der Waals surface area contributed by atoms with Crippen molar-refractivity contribution in [3.63, 3.8) is 0 Å². The molecule has 0 saturated carbocycles. The van der Waals surface area contributed by atoms with Gasteiger partial charge in [0.05, 0.1) is 22.2 Å². The maximum Gasteiger partial charge on any atom is 0.337 e. The highest BCUT2D eigenvalue weighted by Crippen LogP contribution is 2.31. The fourth-order valence-electron chi connectivity index (χ4n) is 1.77. The Bertz CT molecular complexity index is 645. The molecule has 2 N–H and O–H groups in total. The van der Waals surface area contributed by atoms with Crippen molar-refractivity contribution < 1.29 is 23.4 Å². The molecule has 0 aliphatic heterocycles. The van der Waals surface area contributed by atoms with Gasteiger partial charge in [-0.1, -0.05) is 23.2 Å². The Morgan fingerprint density at radius 2 is 1.86 bits per heavy atom. The summed E-state index contributed by atoms with van der Waals surface area (Å²) >= 11 is 11.6. The second kappa shape index (κ2) is 6.93. The van der Waals surface area contributed by atoms with Gasteiger partial charge in [-0.2, -0.15) is 4.31 Å². The maximum atomic E-state index is 12.6. The molecule has 0 atom stereocenters. The molecule has 0 saturated heterocycles. The van der Waals surface area contributed by atoms with Gasteiger partial charge >= 0.3 is 5.97 Å². The quantitative estimate of drug-likeness (QED) is 0.814. The highest BCUT2D eigenvalue weighted by Gasteiger charge is 2.30. The van der Waals surface area contributed by atoms with Gasteiger partial charge in [-0.25, -0.2) is 13.2 Å². The molecule has 9 heteroatoms. The molecule has 0 bridgehead atoms. The first-order valence-corrected chi connectivity index (χ1v) is 8.17. The third-order valence-corrected chi connectivity index (χ3v) is 5.59. The van der Waals surface area contributed by atoms with Crippen LogP contribution in [-0.2, 0) is 10.0 Å². The Morgan fingerprint density at radius 1 is 1.29 bits per heavy atom. The van der Waals surface area contributed by atoms with E-state index in [-0.39, 0.29) is 33.7 Å². The van der Waals surface area contributed by atoms with Crippen LogP contribution in [0.5, 0.6) is 0 Å². The van der Waals surface area contributed by atoms with Crippen LogP contribution in [0.25, 0.3) is 0 Å². The molecule has 0 heterocycles. The van der Waals surface area contributed by atoms with E-state index in [2.05, 4.69) is 0 Å². The molecular formula is C12H15Cl2NO5S. The molecule has 1 rings (SSSR count). The molecule has 0 fully saturated rings. The van der Waals surface area contributed by atoms with E-state index in [1.165, 1.54) is 0 Å².